The molecular formula is C10H8BrN3OS. The van der Waals surface area contributed by atoms with Crippen LogP contribution in [-0.4, -0.2) is 15.9 Å². The lowest BCUT2D eigenvalue weighted by Gasteiger charge is -2.02. The van der Waals surface area contributed by atoms with Crippen molar-refractivity contribution in [1.82, 2.24) is 9.97 Å². The molecule has 6 heteroatoms. The number of nitrogens with one attached hydrogen (secondary N) is 1. The van der Waals surface area contributed by atoms with E-state index in [9.17, 15) is 4.79 Å². The molecule has 0 spiro atoms. The summed E-state index contributed by atoms with van der Waals surface area (Å²) in [7, 11) is 0. The molecule has 1 N–H and O–H groups in total. The lowest BCUT2D eigenvalue weighted by Crippen LogP contribution is -2.12. The monoisotopic (exact) mass is 297 g/mol. The van der Waals surface area contributed by atoms with Crippen LogP contribution in [-0.2, 0) is 0 Å². The topological polar surface area (TPSA) is 54.9 Å². The number of rotatable bonds is 2. The standard InChI is InChI=1S/C10H8BrN3OS/c1-6-3-2-4-8(12-6)14-9(15)10-13-7(11)5-16-10/h2-5H,1H3,(H,12,14,15). The second-order valence-electron chi connectivity index (χ2n) is 3.09. The molecule has 2 heterocycles. The van der Waals surface area contributed by atoms with Gasteiger partial charge in [0, 0.05) is 11.1 Å². The summed E-state index contributed by atoms with van der Waals surface area (Å²) in [5.41, 5.74) is 0.859. The fraction of sp³-hybridized carbons (Fsp3) is 0.100. The van der Waals surface area contributed by atoms with Gasteiger partial charge in [0.2, 0.25) is 0 Å². The number of anilines is 1. The number of carbonyl (C=O) groups is 1. The third kappa shape index (κ3) is 2.65. The Kier molecular flexibility index (Phi) is 3.31. The number of aromatic nitrogens is 2. The summed E-state index contributed by atoms with van der Waals surface area (Å²) in [4.78, 5) is 19.9. The Morgan fingerprint density at radius 3 is 2.88 bits per heavy atom. The van der Waals surface area contributed by atoms with Gasteiger partial charge >= 0.3 is 0 Å². The minimum Gasteiger partial charge on any atom is -0.304 e. The average Bonchev–Trinajstić information content (AvgIpc) is 2.65. The van der Waals surface area contributed by atoms with E-state index < -0.39 is 0 Å². The number of nitrogens with zero attached hydrogens (tertiary/aromatic N) is 2. The third-order valence-electron chi connectivity index (χ3n) is 1.80. The minimum absolute atomic E-state index is 0.242. The first-order chi connectivity index (χ1) is 7.65. The summed E-state index contributed by atoms with van der Waals surface area (Å²) in [6.07, 6.45) is 0. The van der Waals surface area contributed by atoms with Crippen molar-refractivity contribution in [1.29, 1.82) is 0 Å². The number of thiazole rings is 1. The largest absolute Gasteiger partial charge is 0.304 e. The molecule has 0 aromatic carbocycles. The highest BCUT2D eigenvalue weighted by atomic mass is 79.9. The summed E-state index contributed by atoms with van der Waals surface area (Å²) in [6.45, 7) is 1.87. The van der Waals surface area contributed by atoms with Crippen molar-refractivity contribution in [2.24, 2.45) is 0 Å². The summed E-state index contributed by atoms with van der Waals surface area (Å²) < 4.78 is 0.667. The first-order valence-corrected chi connectivity index (χ1v) is 6.18. The second kappa shape index (κ2) is 4.71. The molecule has 0 aliphatic carbocycles. The Bertz CT molecular complexity index is 526. The van der Waals surface area contributed by atoms with Gasteiger partial charge in [0.25, 0.3) is 5.91 Å². The van der Waals surface area contributed by atoms with E-state index in [1.165, 1.54) is 11.3 Å². The lowest BCUT2D eigenvalue weighted by molar-refractivity contribution is 0.102. The Hall–Kier alpha value is -1.27. The summed E-state index contributed by atoms with van der Waals surface area (Å²) >= 11 is 4.48. The van der Waals surface area contributed by atoms with E-state index in [2.05, 4.69) is 31.2 Å². The number of hydrogen-bond acceptors (Lipinski definition) is 4. The summed E-state index contributed by atoms with van der Waals surface area (Å²) in [5, 5.41) is 4.86. The Balaban J connectivity index is 2.13. The first kappa shape index (κ1) is 11.2. The van der Waals surface area contributed by atoms with Crippen molar-refractivity contribution in [3.63, 3.8) is 0 Å². The Morgan fingerprint density at radius 2 is 2.25 bits per heavy atom. The van der Waals surface area contributed by atoms with E-state index in [0.717, 1.165) is 5.69 Å². The molecule has 2 aromatic heterocycles. The molecule has 0 unspecified atom stereocenters. The minimum atomic E-state index is -0.242. The number of pyridine rings is 1. The van der Waals surface area contributed by atoms with Gasteiger partial charge in [0.15, 0.2) is 5.01 Å². The van der Waals surface area contributed by atoms with Gasteiger partial charge in [-0.1, -0.05) is 6.07 Å². The van der Waals surface area contributed by atoms with Gasteiger partial charge in [0.1, 0.15) is 10.4 Å². The molecule has 0 aliphatic rings. The molecule has 2 rings (SSSR count). The zero-order chi connectivity index (χ0) is 11.5. The maximum Gasteiger partial charge on any atom is 0.285 e. The van der Waals surface area contributed by atoms with Crippen LogP contribution < -0.4 is 5.32 Å². The van der Waals surface area contributed by atoms with Crippen molar-refractivity contribution >= 4 is 39.0 Å². The highest BCUT2D eigenvalue weighted by Crippen LogP contribution is 2.16. The van der Waals surface area contributed by atoms with Crippen LogP contribution in [0.25, 0.3) is 0 Å². The van der Waals surface area contributed by atoms with Crippen LogP contribution in [0.4, 0.5) is 5.82 Å². The Labute approximate surface area is 105 Å². The van der Waals surface area contributed by atoms with Crippen LogP contribution in [0.15, 0.2) is 28.2 Å². The molecule has 0 fully saturated rings. The maximum atomic E-state index is 11.7. The number of hydrogen-bond donors (Lipinski definition) is 1. The smallest absolute Gasteiger partial charge is 0.285 e. The molecule has 0 atom stereocenters. The molecule has 0 saturated carbocycles. The van der Waals surface area contributed by atoms with Crippen molar-refractivity contribution < 1.29 is 4.79 Å². The Morgan fingerprint density at radius 1 is 1.44 bits per heavy atom. The molecule has 2 aromatic rings. The van der Waals surface area contributed by atoms with E-state index in [4.69, 9.17) is 0 Å². The average molecular weight is 298 g/mol. The van der Waals surface area contributed by atoms with Gasteiger partial charge < -0.3 is 5.32 Å². The van der Waals surface area contributed by atoms with Gasteiger partial charge in [-0.05, 0) is 35.0 Å². The predicted molar refractivity (Wildman–Crippen MR) is 66.7 cm³/mol. The molecule has 4 nitrogen and oxygen atoms in total. The van der Waals surface area contributed by atoms with Crippen molar-refractivity contribution in [2.45, 2.75) is 6.92 Å². The van der Waals surface area contributed by atoms with Crippen molar-refractivity contribution in [3.05, 3.63) is 38.9 Å². The molecule has 0 aliphatic heterocycles. The number of halogens is 1. The highest BCUT2D eigenvalue weighted by molar-refractivity contribution is 9.10. The van der Waals surface area contributed by atoms with E-state index >= 15 is 0 Å². The van der Waals surface area contributed by atoms with Crippen molar-refractivity contribution in [3.8, 4) is 0 Å². The molecule has 0 radical (unpaired) electrons. The van der Waals surface area contributed by atoms with Gasteiger partial charge in [-0.3, -0.25) is 4.79 Å². The number of carbonyl (C=O) groups excluding carboxylic acids is 1. The van der Waals surface area contributed by atoms with Crippen LogP contribution >= 0.6 is 27.3 Å². The van der Waals surface area contributed by atoms with E-state index in [-0.39, 0.29) is 5.91 Å². The van der Waals surface area contributed by atoms with Gasteiger partial charge in [-0.15, -0.1) is 11.3 Å². The van der Waals surface area contributed by atoms with Crippen LogP contribution in [0, 0.1) is 6.92 Å². The second-order valence-corrected chi connectivity index (χ2v) is 4.76. The quantitative estimate of drug-likeness (QED) is 0.927. The predicted octanol–water partition coefficient (Wildman–Crippen LogP) is 2.86. The van der Waals surface area contributed by atoms with E-state index in [0.29, 0.717) is 15.4 Å². The normalized spacial score (nSPS) is 10.1. The third-order valence-corrected chi connectivity index (χ3v) is 3.35. The first-order valence-electron chi connectivity index (χ1n) is 4.51. The number of aryl methyl sites for hydroxylation is 1. The maximum absolute atomic E-state index is 11.7. The van der Waals surface area contributed by atoms with Gasteiger partial charge in [-0.2, -0.15) is 0 Å². The van der Waals surface area contributed by atoms with Gasteiger partial charge in [0.05, 0.1) is 0 Å². The molecular weight excluding hydrogens is 290 g/mol. The van der Waals surface area contributed by atoms with Gasteiger partial charge in [-0.25, -0.2) is 9.97 Å². The van der Waals surface area contributed by atoms with E-state index in [1.54, 1.807) is 11.4 Å². The summed E-state index contributed by atoms with van der Waals surface area (Å²) in [6, 6.07) is 5.46. The molecule has 16 heavy (non-hydrogen) atoms. The molecule has 82 valence electrons. The number of amides is 1. The zero-order valence-electron chi connectivity index (χ0n) is 8.40. The van der Waals surface area contributed by atoms with Crippen LogP contribution in [0.1, 0.15) is 15.5 Å². The van der Waals surface area contributed by atoms with Crippen LogP contribution in [0.2, 0.25) is 0 Å². The zero-order valence-corrected chi connectivity index (χ0v) is 10.8. The van der Waals surface area contributed by atoms with Crippen LogP contribution in [0.3, 0.4) is 0 Å². The molecule has 1 amide bonds. The van der Waals surface area contributed by atoms with Crippen molar-refractivity contribution in [2.75, 3.05) is 5.32 Å². The highest BCUT2D eigenvalue weighted by Gasteiger charge is 2.10. The van der Waals surface area contributed by atoms with Crippen LogP contribution in [0.5, 0.6) is 0 Å². The molecule has 0 bridgehead atoms. The lowest BCUT2D eigenvalue weighted by atomic mass is 10.4. The fourth-order valence-electron chi connectivity index (χ4n) is 1.14. The molecule has 0 saturated heterocycles. The SMILES string of the molecule is Cc1cccc(NC(=O)c2nc(Br)cs2)n1. The fourth-order valence-corrected chi connectivity index (χ4v) is 2.29. The van der Waals surface area contributed by atoms with E-state index in [1.807, 2.05) is 19.1 Å². The summed E-state index contributed by atoms with van der Waals surface area (Å²) in [5.74, 6) is 0.296.